The molecule has 0 saturated carbocycles. The van der Waals surface area contributed by atoms with Gasteiger partial charge in [0.2, 0.25) is 10.0 Å². The van der Waals surface area contributed by atoms with Gasteiger partial charge in [0.05, 0.1) is 18.8 Å². The van der Waals surface area contributed by atoms with Gasteiger partial charge in [-0.15, -0.1) is 0 Å². The van der Waals surface area contributed by atoms with E-state index in [4.69, 9.17) is 4.74 Å². The van der Waals surface area contributed by atoms with E-state index in [-0.39, 0.29) is 18.1 Å². The molecule has 0 aliphatic carbocycles. The maximum Gasteiger partial charge on any atom is 0.310 e. The molecule has 2 aromatic rings. The molecule has 0 aliphatic rings. The third kappa shape index (κ3) is 7.11. The Hall–Kier alpha value is -2.60. The smallest absolute Gasteiger partial charge is 0.310 e. The number of aryl methyl sites for hydroxylation is 1. The highest BCUT2D eigenvalue weighted by Gasteiger charge is 2.07. The van der Waals surface area contributed by atoms with Crippen LogP contribution in [0.15, 0.2) is 60.8 Å². The lowest BCUT2D eigenvalue weighted by molar-refractivity contribution is -0.142. The van der Waals surface area contributed by atoms with Crippen LogP contribution in [0.3, 0.4) is 0 Å². The maximum atomic E-state index is 12.0. The molecule has 0 spiro atoms. The Bertz CT molecular complexity index is 828. The summed E-state index contributed by atoms with van der Waals surface area (Å²) in [7, 11) is -3.38. The van der Waals surface area contributed by atoms with Gasteiger partial charge in [0.15, 0.2) is 0 Å². The van der Waals surface area contributed by atoms with Crippen molar-refractivity contribution in [1.29, 1.82) is 0 Å². The van der Waals surface area contributed by atoms with Crippen molar-refractivity contribution in [2.75, 3.05) is 12.4 Å². The van der Waals surface area contributed by atoms with E-state index >= 15 is 0 Å². The van der Waals surface area contributed by atoms with Crippen molar-refractivity contribution in [3.63, 3.8) is 0 Å². The summed E-state index contributed by atoms with van der Waals surface area (Å²) in [6.45, 7) is 2.14. The molecule has 0 bridgehead atoms. The van der Waals surface area contributed by atoms with Crippen LogP contribution in [0, 0.1) is 0 Å². The highest BCUT2D eigenvalue weighted by Crippen LogP contribution is 2.08. The van der Waals surface area contributed by atoms with Gasteiger partial charge in [0.25, 0.3) is 0 Å². The Morgan fingerprint density at radius 1 is 1.04 bits per heavy atom. The Labute approximate surface area is 154 Å². The van der Waals surface area contributed by atoms with Gasteiger partial charge in [0.1, 0.15) is 0 Å². The molecule has 2 aromatic carbocycles. The van der Waals surface area contributed by atoms with Gasteiger partial charge in [-0.25, -0.2) is 8.42 Å². The minimum Gasteiger partial charge on any atom is -0.466 e. The maximum absolute atomic E-state index is 12.0. The van der Waals surface area contributed by atoms with E-state index in [0.29, 0.717) is 13.0 Å². The van der Waals surface area contributed by atoms with Crippen LogP contribution in [0.4, 0.5) is 0 Å². The van der Waals surface area contributed by atoms with Crippen LogP contribution >= 0.6 is 0 Å². The standard InChI is InChI=1S/C20H23NO4S/c1-2-25-20(22)16-19-10-8-18(9-11-19)12-14-21-26(23,24)15-13-17-6-4-3-5-7-17/h3-12,14,21H,2,13,15-16H2,1H3. The van der Waals surface area contributed by atoms with Crippen LogP contribution in [0.25, 0.3) is 6.08 Å². The summed E-state index contributed by atoms with van der Waals surface area (Å²) >= 11 is 0. The Morgan fingerprint density at radius 2 is 1.73 bits per heavy atom. The van der Waals surface area contributed by atoms with Gasteiger partial charge in [-0.05, 0) is 36.1 Å². The van der Waals surface area contributed by atoms with E-state index in [9.17, 15) is 13.2 Å². The van der Waals surface area contributed by atoms with Gasteiger partial charge < -0.3 is 4.74 Å². The molecule has 26 heavy (non-hydrogen) atoms. The van der Waals surface area contributed by atoms with E-state index in [0.717, 1.165) is 16.7 Å². The number of hydrogen-bond donors (Lipinski definition) is 1. The normalized spacial score (nSPS) is 11.4. The van der Waals surface area contributed by atoms with Crippen molar-refractivity contribution < 1.29 is 17.9 Å². The molecule has 0 atom stereocenters. The monoisotopic (exact) mass is 373 g/mol. The van der Waals surface area contributed by atoms with Crippen molar-refractivity contribution in [2.24, 2.45) is 0 Å². The highest BCUT2D eigenvalue weighted by atomic mass is 32.2. The Balaban J connectivity index is 1.84. The molecule has 0 heterocycles. The fraction of sp³-hybridized carbons (Fsp3) is 0.250. The largest absolute Gasteiger partial charge is 0.466 e. The van der Waals surface area contributed by atoms with Gasteiger partial charge in [0, 0.05) is 6.20 Å². The van der Waals surface area contributed by atoms with E-state index in [2.05, 4.69) is 4.72 Å². The first-order chi connectivity index (χ1) is 12.5. The molecule has 0 aliphatic heterocycles. The summed E-state index contributed by atoms with van der Waals surface area (Å²) in [5, 5.41) is 0. The predicted molar refractivity (Wildman–Crippen MR) is 103 cm³/mol. The highest BCUT2D eigenvalue weighted by molar-refractivity contribution is 7.89. The van der Waals surface area contributed by atoms with Crippen LogP contribution in [-0.2, 0) is 32.4 Å². The average Bonchev–Trinajstić information content (AvgIpc) is 2.63. The van der Waals surface area contributed by atoms with Gasteiger partial charge in [-0.2, -0.15) is 0 Å². The molecule has 0 unspecified atom stereocenters. The van der Waals surface area contributed by atoms with Gasteiger partial charge in [-0.3, -0.25) is 9.52 Å². The fourth-order valence-electron chi connectivity index (χ4n) is 2.32. The number of rotatable bonds is 9. The Kier molecular flexibility index (Phi) is 7.41. The van der Waals surface area contributed by atoms with Crippen molar-refractivity contribution >= 4 is 22.1 Å². The van der Waals surface area contributed by atoms with Crippen LogP contribution in [0.5, 0.6) is 0 Å². The number of carbonyl (C=O) groups is 1. The lowest BCUT2D eigenvalue weighted by atomic mass is 10.1. The lowest BCUT2D eigenvalue weighted by Crippen LogP contribution is -2.22. The second kappa shape index (κ2) is 9.77. The first-order valence-electron chi connectivity index (χ1n) is 8.43. The van der Waals surface area contributed by atoms with Crippen LogP contribution in [0.2, 0.25) is 0 Å². The van der Waals surface area contributed by atoms with Gasteiger partial charge in [-0.1, -0.05) is 54.6 Å². The number of sulfonamides is 1. The minimum atomic E-state index is -3.38. The molecule has 6 heteroatoms. The molecule has 5 nitrogen and oxygen atoms in total. The first-order valence-corrected chi connectivity index (χ1v) is 10.1. The minimum absolute atomic E-state index is 0.0276. The number of hydrogen-bond acceptors (Lipinski definition) is 4. The number of benzene rings is 2. The molecule has 2 rings (SSSR count). The second-order valence-corrected chi connectivity index (χ2v) is 7.60. The van der Waals surface area contributed by atoms with E-state index in [1.54, 1.807) is 13.0 Å². The SMILES string of the molecule is CCOC(=O)Cc1ccc(C=CNS(=O)(=O)CCc2ccccc2)cc1. The molecular weight excluding hydrogens is 350 g/mol. The van der Waals surface area contributed by atoms with E-state index < -0.39 is 10.0 Å². The molecule has 0 fully saturated rings. The van der Waals surface area contributed by atoms with Crippen LogP contribution in [-0.4, -0.2) is 26.7 Å². The lowest BCUT2D eigenvalue weighted by Gasteiger charge is -2.04. The first kappa shape index (κ1) is 19.7. The summed E-state index contributed by atoms with van der Waals surface area (Å²) < 4.78 is 31.4. The van der Waals surface area contributed by atoms with Gasteiger partial charge >= 0.3 is 5.97 Å². The average molecular weight is 373 g/mol. The van der Waals surface area contributed by atoms with E-state index in [1.165, 1.54) is 6.20 Å². The van der Waals surface area contributed by atoms with Crippen molar-refractivity contribution in [1.82, 2.24) is 4.72 Å². The predicted octanol–water partition coefficient (Wildman–Crippen LogP) is 2.93. The molecule has 0 amide bonds. The third-order valence-electron chi connectivity index (χ3n) is 3.66. The van der Waals surface area contributed by atoms with Crippen LogP contribution < -0.4 is 4.72 Å². The molecule has 138 valence electrons. The number of nitrogens with one attached hydrogen (secondary N) is 1. The molecular formula is C20H23NO4S. The van der Waals surface area contributed by atoms with Crippen molar-refractivity contribution in [3.8, 4) is 0 Å². The summed E-state index contributed by atoms with van der Waals surface area (Å²) in [5.74, 6) is -0.234. The van der Waals surface area contributed by atoms with Crippen molar-refractivity contribution in [3.05, 3.63) is 77.5 Å². The summed E-state index contributed by atoms with van der Waals surface area (Å²) in [5.41, 5.74) is 2.67. The topological polar surface area (TPSA) is 72.5 Å². The Morgan fingerprint density at radius 3 is 2.38 bits per heavy atom. The zero-order valence-electron chi connectivity index (χ0n) is 14.7. The number of esters is 1. The quantitative estimate of drug-likeness (QED) is 0.686. The van der Waals surface area contributed by atoms with E-state index in [1.807, 2.05) is 54.6 Å². The summed E-state index contributed by atoms with van der Waals surface area (Å²) in [4.78, 5) is 11.4. The molecule has 1 N–H and O–H groups in total. The van der Waals surface area contributed by atoms with Crippen molar-refractivity contribution in [2.45, 2.75) is 19.8 Å². The second-order valence-electron chi connectivity index (χ2n) is 5.73. The molecule has 0 aromatic heterocycles. The summed E-state index contributed by atoms with van der Waals surface area (Å²) in [6, 6.07) is 16.8. The number of ether oxygens (including phenoxy) is 1. The zero-order chi connectivity index (χ0) is 18.8. The van der Waals surface area contributed by atoms with Crippen LogP contribution in [0.1, 0.15) is 23.6 Å². The third-order valence-corrected chi connectivity index (χ3v) is 4.90. The summed E-state index contributed by atoms with van der Waals surface area (Å²) in [6.07, 6.45) is 3.78. The molecule has 0 saturated heterocycles. The molecule has 0 radical (unpaired) electrons. The fourth-order valence-corrected chi connectivity index (χ4v) is 3.21. The zero-order valence-corrected chi connectivity index (χ0v) is 15.5. The number of carbonyl (C=O) groups excluding carboxylic acids is 1.